The second-order valence-electron chi connectivity index (χ2n) is 4.66. The molecule has 0 aliphatic carbocycles. The molecule has 1 aromatic heterocycles. The van der Waals surface area contributed by atoms with Gasteiger partial charge in [0.05, 0.1) is 11.2 Å². The van der Waals surface area contributed by atoms with Gasteiger partial charge in [0.2, 0.25) is 5.88 Å². The van der Waals surface area contributed by atoms with Crippen LogP contribution in [-0.4, -0.2) is 47.2 Å². The van der Waals surface area contributed by atoms with Gasteiger partial charge in [0, 0.05) is 6.54 Å². The summed E-state index contributed by atoms with van der Waals surface area (Å²) in [4.78, 5) is 17.3. The number of likely N-dealkylation sites (tertiary alicyclic amines) is 1. The zero-order valence-corrected chi connectivity index (χ0v) is 12.5. The van der Waals surface area contributed by atoms with Crippen LogP contribution in [0.3, 0.4) is 0 Å². The lowest BCUT2D eigenvalue weighted by molar-refractivity contribution is 0.0696. The molecule has 20 heavy (non-hydrogen) atoms. The Balaban J connectivity index is 1.95. The molecule has 7 heteroatoms. The van der Waals surface area contributed by atoms with Crippen molar-refractivity contribution in [2.45, 2.75) is 19.3 Å². The monoisotopic (exact) mass is 318 g/mol. The summed E-state index contributed by atoms with van der Waals surface area (Å²) in [5.74, 6) is -1.08. The van der Waals surface area contributed by atoms with E-state index in [2.05, 4.69) is 9.88 Å². The number of hydrogen-bond donors (Lipinski definition) is 1. The zero-order valence-electron chi connectivity index (χ0n) is 10.9. The molecule has 110 valence electrons. The maximum absolute atomic E-state index is 11.1. The van der Waals surface area contributed by atoms with Gasteiger partial charge in [-0.3, -0.25) is 4.90 Å². The normalized spacial score (nSPS) is 16.1. The average molecular weight is 319 g/mol. The smallest absolute Gasteiger partial charge is 0.339 e. The van der Waals surface area contributed by atoms with Crippen LogP contribution in [0, 0.1) is 0 Å². The number of carboxylic acid groups (broad SMARTS) is 1. The largest absolute Gasteiger partial charge is 0.478 e. The van der Waals surface area contributed by atoms with E-state index in [-0.39, 0.29) is 21.5 Å². The Hall–Kier alpha value is -1.04. The van der Waals surface area contributed by atoms with Crippen LogP contribution in [0.15, 0.2) is 6.20 Å². The molecule has 1 aliphatic rings. The number of halogens is 2. The van der Waals surface area contributed by atoms with Gasteiger partial charge >= 0.3 is 5.97 Å². The first-order valence-electron chi connectivity index (χ1n) is 6.52. The van der Waals surface area contributed by atoms with Crippen molar-refractivity contribution in [1.82, 2.24) is 9.88 Å². The van der Waals surface area contributed by atoms with E-state index >= 15 is 0 Å². The van der Waals surface area contributed by atoms with Gasteiger partial charge < -0.3 is 9.84 Å². The second kappa shape index (κ2) is 7.11. The molecule has 0 bridgehead atoms. The Bertz CT molecular complexity index is 491. The maximum Gasteiger partial charge on any atom is 0.339 e. The number of nitrogens with zero attached hydrogens (tertiary/aromatic N) is 2. The molecule has 1 aromatic rings. The summed E-state index contributed by atoms with van der Waals surface area (Å²) in [7, 11) is 0. The topological polar surface area (TPSA) is 62.7 Å². The summed E-state index contributed by atoms with van der Waals surface area (Å²) in [6, 6.07) is 0. The number of hydrogen-bond acceptors (Lipinski definition) is 4. The third-order valence-corrected chi connectivity index (χ3v) is 3.89. The lowest BCUT2D eigenvalue weighted by Crippen LogP contribution is -2.33. The number of ether oxygens (including phenoxy) is 1. The van der Waals surface area contributed by atoms with Crippen molar-refractivity contribution < 1.29 is 14.6 Å². The van der Waals surface area contributed by atoms with E-state index in [1.165, 1.54) is 25.5 Å². The average Bonchev–Trinajstić information content (AvgIpc) is 2.42. The summed E-state index contributed by atoms with van der Waals surface area (Å²) >= 11 is 11.7. The number of aromatic nitrogens is 1. The number of rotatable bonds is 5. The van der Waals surface area contributed by atoms with Gasteiger partial charge in [-0.15, -0.1) is 0 Å². The molecular weight excluding hydrogens is 303 g/mol. The number of pyridine rings is 1. The second-order valence-corrected chi connectivity index (χ2v) is 5.44. The zero-order chi connectivity index (χ0) is 14.5. The minimum atomic E-state index is -1.19. The number of piperidine rings is 1. The van der Waals surface area contributed by atoms with Gasteiger partial charge in [-0.25, -0.2) is 9.78 Å². The Morgan fingerprint density at radius 3 is 2.70 bits per heavy atom. The number of carbonyl (C=O) groups is 1. The van der Waals surface area contributed by atoms with Crippen LogP contribution in [0.5, 0.6) is 5.88 Å². The first kappa shape index (κ1) is 15.4. The molecule has 2 rings (SSSR count). The Kier molecular flexibility index (Phi) is 5.46. The highest BCUT2D eigenvalue weighted by molar-refractivity contribution is 6.39. The molecule has 0 aromatic carbocycles. The van der Waals surface area contributed by atoms with Gasteiger partial charge in [-0.05, 0) is 25.9 Å². The molecule has 2 heterocycles. The van der Waals surface area contributed by atoms with E-state index in [0.717, 1.165) is 19.6 Å². The Morgan fingerprint density at radius 1 is 1.35 bits per heavy atom. The van der Waals surface area contributed by atoms with E-state index in [1.54, 1.807) is 0 Å². The van der Waals surface area contributed by atoms with Gasteiger partial charge in [0.1, 0.15) is 17.2 Å². The van der Waals surface area contributed by atoms with Crippen LogP contribution in [0.1, 0.15) is 29.6 Å². The predicted molar refractivity (Wildman–Crippen MR) is 77.0 cm³/mol. The van der Waals surface area contributed by atoms with Gasteiger partial charge in [-0.1, -0.05) is 29.6 Å². The van der Waals surface area contributed by atoms with Crippen molar-refractivity contribution in [3.05, 3.63) is 21.8 Å². The van der Waals surface area contributed by atoms with Crippen LogP contribution in [0.2, 0.25) is 10.0 Å². The third-order valence-electron chi connectivity index (χ3n) is 3.25. The molecule has 0 unspecified atom stereocenters. The van der Waals surface area contributed by atoms with Crippen LogP contribution < -0.4 is 4.74 Å². The maximum atomic E-state index is 11.1. The molecule has 0 amide bonds. The van der Waals surface area contributed by atoms with Crippen molar-refractivity contribution in [3.8, 4) is 5.88 Å². The highest BCUT2D eigenvalue weighted by Crippen LogP contribution is 2.31. The molecule has 0 atom stereocenters. The standard InChI is InChI=1S/C13H16Cl2N2O3/c14-9-8-16-12(11(15)10(9)13(18)19)20-7-6-17-4-2-1-3-5-17/h8H,1-7H2,(H,18,19). The molecule has 1 fully saturated rings. The summed E-state index contributed by atoms with van der Waals surface area (Å²) in [6.07, 6.45) is 4.95. The van der Waals surface area contributed by atoms with E-state index in [0.29, 0.717) is 6.61 Å². The minimum absolute atomic E-state index is 0.00544. The first-order valence-corrected chi connectivity index (χ1v) is 7.27. The minimum Gasteiger partial charge on any atom is -0.478 e. The SMILES string of the molecule is O=C(O)c1c(Cl)cnc(OCCN2CCCCC2)c1Cl. The van der Waals surface area contributed by atoms with E-state index in [4.69, 9.17) is 33.0 Å². The quantitative estimate of drug-likeness (QED) is 0.904. The van der Waals surface area contributed by atoms with Crippen molar-refractivity contribution in [1.29, 1.82) is 0 Å². The molecule has 1 aliphatic heterocycles. The number of carboxylic acids is 1. The molecule has 1 saturated heterocycles. The Labute approximate surface area is 127 Å². The predicted octanol–water partition coefficient (Wildman–Crippen LogP) is 2.95. The first-order chi connectivity index (χ1) is 9.59. The van der Waals surface area contributed by atoms with Crippen LogP contribution >= 0.6 is 23.2 Å². The molecule has 5 nitrogen and oxygen atoms in total. The summed E-state index contributed by atoms with van der Waals surface area (Å²) < 4.78 is 5.48. The van der Waals surface area contributed by atoms with Crippen molar-refractivity contribution in [2.75, 3.05) is 26.2 Å². The van der Waals surface area contributed by atoms with Gasteiger partial charge in [0.25, 0.3) is 0 Å². The fourth-order valence-electron chi connectivity index (χ4n) is 2.20. The van der Waals surface area contributed by atoms with Crippen LogP contribution in [-0.2, 0) is 0 Å². The van der Waals surface area contributed by atoms with Crippen molar-refractivity contribution >= 4 is 29.2 Å². The Morgan fingerprint density at radius 2 is 2.05 bits per heavy atom. The van der Waals surface area contributed by atoms with Gasteiger partial charge in [0.15, 0.2) is 0 Å². The lowest BCUT2D eigenvalue weighted by Gasteiger charge is -2.26. The van der Waals surface area contributed by atoms with Crippen molar-refractivity contribution in [2.24, 2.45) is 0 Å². The molecule has 0 saturated carbocycles. The van der Waals surface area contributed by atoms with Crippen molar-refractivity contribution in [3.63, 3.8) is 0 Å². The lowest BCUT2D eigenvalue weighted by atomic mass is 10.1. The van der Waals surface area contributed by atoms with Gasteiger partial charge in [-0.2, -0.15) is 0 Å². The summed E-state index contributed by atoms with van der Waals surface area (Å²) in [5, 5.41) is 8.99. The number of aromatic carboxylic acids is 1. The molecular formula is C13H16Cl2N2O3. The van der Waals surface area contributed by atoms with Crippen LogP contribution in [0.4, 0.5) is 0 Å². The fraction of sp³-hybridized carbons (Fsp3) is 0.538. The third kappa shape index (κ3) is 3.75. The molecule has 1 N–H and O–H groups in total. The van der Waals surface area contributed by atoms with E-state index in [1.807, 2.05) is 0 Å². The highest BCUT2D eigenvalue weighted by atomic mass is 35.5. The summed E-state index contributed by atoms with van der Waals surface area (Å²) in [5.41, 5.74) is -0.170. The highest BCUT2D eigenvalue weighted by Gasteiger charge is 2.19. The molecule has 0 spiro atoms. The van der Waals surface area contributed by atoms with Crippen LogP contribution in [0.25, 0.3) is 0 Å². The van der Waals surface area contributed by atoms with E-state index in [9.17, 15) is 4.79 Å². The summed E-state index contributed by atoms with van der Waals surface area (Å²) in [6.45, 7) is 3.35. The molecule has 0 radical (unpaired) electrons. The fourth-order valence-corrected chi connectivity index (χ4v) is 2.76. The van der Waals surface area contributed by atoms with E-state index < -0.39 is 5.97 Å².